The van der Waals surface area contributed by atoms with Crippen molar-refractivity contribution >= 4 is 23.2 Å². The van der Waals surface area contributed by atoms with Gasteiger partial charge in [0.25, 0.3) is 5.91 Å². The average Bonchev–Trinajstić information content (AvgIpc) is 2.64. The van der Waals surface area contributed by atoms with Crippen molar-refractivity contribution in [3.63, 3.8) is 0 Å². The lowest BCUT2D eigenvalue weighted by Crippen LogP contribution is -2.13. The van der Waals surface area contributed by atoms with Crippen LogP contribution in [0.4, 0.5) is 17.3 Å². The van der Waals surface area contributed by atoms with Gasteiger partial charge in [0.2, 0.25) is 0 Å². The van der Waals surface area contributed by atoms with E-state index in [4.69, 9.17) is 4.74 Å². The zero-order chi connectivity index (χ0) is 19.2. The van der Waals surface area contributed by atoms with Crippen molar-refractivity contribution in [3.8, 4) is 5.75 Å². The first kappa shape index (κ1) is 18.4. The van der Waals surface area contributed by atoms with Crippen LogP contribution in [0.5, 0.6) is 5.75 Å². The topological polar surface area (TPSA) is 76.1 Å². The van der Waals surface area contributed by atoms with E-state index < -0.39 is 0 Å². The summed E-state index contributed by atoms with van der Waals surface area (Å²) in [7, 11) is 0. The number of anilines is 3. The molecule has 2 aromatic carbocycles. The van der Waals surface area contributed by atoms with E-state index in [0.29, 0.717) is 17.2 Å². The number of amides is 1. The van der Waals surface area contributed by atoms with Crippen LogP contribution >= 0.6 is 0 Å². The minimum atomic E-state index is -0.218. The van der Waals surface area contributed by atoms with Crippen LogP contribution in [0.15, 0.2) is 60.7 Å². The Hall–Kier alpha value is -3.41. The van der Waals surface area contributed by atoms with E-state index >= 15 is 0 Å². The van der Waals surface area contributed by atoms with Crippen molar-refractivity contribution in [1.82, 2.24) is 10.2 Å². The van der Waals surface area contributed by atoms with Crippen LogP contribution in [-0.4, -0.2) is 22.2 Å². The summed E-state index contributed by atoms with van der Waals surface area (Å²) in [6.45, 7) is 5.89. The van der Waals surface area contributed by atoms with Gasteiger partial charge in [0.05, 0.1) is 11.8 Å². The number of hydrogen-bond donors (Lipinski definition) is 2. The van der Waals surface area contributed by atoms with Gasteiger partial charge in [-0.2, -0.15) is 0 Å². The molecule has 2 N–H and O–H groups in total. The highest BCUT2D eigenvalue weighted by Crippen LogP contribution is 2.27. The van der Waals surface area contributed by atoms with Crippen LogP contribution in [0.2, 0.25) is 0 Å². The predicted molar refractivity (Wildman–Crippen MR) is 107 cm³/mol. The van der Waals surface area contributed by atoms with Crippen molar-refractivity contribution in [3.05, 3.63) is 71.8 Å². The molecular weight excluding hydrogens is 340 g/mol. The van der Waals surface area contributed by atoms with Gasteiger partial charge in [-0.25, -0.2) is 0 Å². The molecule has 0 radical (unpaired) electrons. The number of aryl methyl sites for hydroxylation is 1. The summed E-state index contributed by atoms with van der Waals surface area (Å²) in [4.78, 5) is 12.3. The zero-order valence-electron chi connectivity index (χ0n) is 15.6. The lowest BCUT2D eigenvalue weighted by Gasteiger charge is -2.15. The van der Waals surface area contributed by atoms with Gasteiger partial charge in [0.15, 0.2) is 11.6 Å². The highest BCUT2D eigenvalue weighted by Gasteiger charge is 2.09. The summed E-state index contributed by atoms with van der Waals surface area (Å²) in [6.07, 6.45) is 0.0678. The van der Waals surface area contributed by atoms with E-state index in [0.717, 1.165) is 17.0 Å². The molecule has 0 bridgehead atoms. The maximum Gasteiger partial charge on any atom is 0.256 e. The van der Waals surface area contributed by atoms with Gasteiger partial charge in [0.1, 0.15) is 5.75 Å². The molecular formula is C21H22N4O2. The maximum atomic E-state index is 12.3. The molecule has 0 aliphatic carbocycles. The fourth-order valence-electron chi connectivity index (χ4n) is 2.50. The highest BCUT2D eigenvalue weighted by molar-refractivity contribution is 6.03. The molecule has 1 amide bonds. The summed E-state index contributed by atoms with van der Waals surface area (Å²) in [5.41, 5.74) is 2.41. The number of nitrogens with zero attached hydrogens (tertiary/aromatic N) is 2. The van der Waals surface area contributed by atoms with E-state index in [1.54, 1.807) is 18.2 Å². The summed E-state index contributed by atoms with van der Waals surface area (Å²) in [5, 5.41) is 14.1. The van der Waals surface area contributed by atoms with E-state index in [1.165, 1.54) is 0 Å². The second kappa shape index (κ2) is 8.31. The summed E-state index contributed by atoms with van der Waals surface area (Å²) < 4.78 is 5.78. The zero-order valence-corrected chi connectivity index (χ0v) is 15.6. The van der Waals surface area contributed by atoms with Crippen LogP contribution < -0.4 is 15.4 Å². The normalized spacial score (nSPS) is 10.5. The molecule has 0 aliphatic rings. The van der Waals surface area contributed by atoms with Gasteiger partial charge in [-0.1, -0.05) is 29.8 Å². The first-order valence-corrected chi connectivity index (χ1v) is 8.76. The van der Waals surface area contributed by atoms with E-state index in [9.17, 15) is 4.79 Å². The minimum absolute atomic E-state index is 0.0678. The maximum absolute atomic E-state index is 12.3. The largest absolute Gasteiger partial charge is 0.489 e. The average molecular weight is 362 g/mol. The number of aromatic nitrogens is 2. The number of carbonyl (C=O) groups excluding carboxylic acids is 1. The Labute approximate surface area is 158 Å². The van der Waals surface area contributed by atoms with Gasteiger partial charge in [-0.15, -0.1) is 10.2 Å². The number of rotatable bonds is 6. The van der Waals surface area contributed by atoms with Gasteiger partial charge in [0, 0.05) is 5.56 Å². The standard InChI is InChI=1S/C21H22N4O2/c1-14(2)27-18-10-5-4-9-17(18)22-19-11-12-20(25-24-19)23-21(26)16-8-6-7-15(3)13-16/h4-14H,1-3H3,(H,22,24)(H,23,25,26). The molecule has 138 valence electrons. The smallest absolute Gasteiger partial charge is 0.256 e. The summed E-state index contributed by atoms with van der Waals surface area (Å²) in [6, 6.07) is 18.5. The molecule has 0 atom stereocenters. The quantitative estimate of drug-likeness (QED) is 0.672. The van der Waals surface area contributed by atoms with Crippen molar-refractivity contribution < 1.29 is 9.53 Å². The van der Waals surface area contributed by atoms with Crippen molar-refractivity contribution in [1.29, 1.82) is 0 Å². The van der Waals surface area contributed by atoms with Crippen LogP contribution in [0.3, 0.4) is 0 Å². The molecule has 0 saturated carbocycles. The Morgan fingerprint density at radius 2 is 1.70 bits per heavy atom. The van der Waals surface area contributed by atoms with Gasteiger partial charge < -0.3 is 15.4 Å². The van der Waals surface area contributed by atoms with E-state index in [2.05, 4.69) is 20.8 Å². The Balaban J connectivity index is 1.68. The van der Waals surface area contributed by atoms with E-state index in [-0.39, 0.29) is 12.0 Å². The lowest BCUT2D eigenvalue weighted by molar-refractivity contribution is 0.102. The van der Waals surface area contributed by atoms with Gasteiger partial charge in [-0.05, 0) is 57.2 Å². The second-order valence-electron chi connectivity index (χ2n) is 6.42. The van der Waals surface area contributed by atoms with Crippen molar-refractivity contribution in [2.24, 2.45) is 0 Å². The SMILES string of the molecule is Cc1cccc(C(=O)Nc2ccc(Nc3ccccc3OC(C)C)nn2)c1. The Bertz CT molecular complexity index is 923. The molecule has 0 fully saturated rings. The molecule has 27 heavy (non-hydrogen) atoms. The van der Waals surface area contributed by atoms with Crippen molar-refractivity contribution in [2.75, 3.05) is 10.6 Å². The molecule has 0 spiro atoms. The summed E-state index contributed by atoms with van der Waals surface area (Å²) in [5.74, 6) is 1.47. The molecule has 0 unspecified atom stereocenters. The molecule has 0 saturated heterocycles. The molecule has 6 nitrogen and oxygen atoms in total. The van der Waals surface area contributed by atoms with Crippen LogP contribution in [0, 0.1) is 6.92 Å². The fraction of sp³-hybridized carbons (Fsp3) is 0.190. The Kier molecular flexibility index (Phi) is 5.66. The molecule has 1 heterocycles. The third-order valence-electron chi connectivity index (χ3n) is 3.70. The fourth-order valence-corrected chi connectivity index (χ4v) is 2.50. The minimum Gasteiger partial charge on any atom is -0.489 e. The number of para-hydroxylation sites is 2. The van der Waals surface area contributed by atoms with Crippen LogP contribution in [0.25, 0.3) is 0 Å². The second-order valence-corrected chi connectivity index (χ2v) is 6.42. The monoisotopic (exact) mass is 362 g/mol. The molecule has 0 aliphatic heterocycles. The molecule has 1 aromatic heterocycles. The lowest BCUT2D eigenvalue weighted by atomic mass is 10.1. The Morgan fingerprint density at radius 3 is 2.41 bits per heavy atom. The highest BCUT2D eigenvalue weighted by atomic mass is 16.5. The molecule has 3 rings (SSSR count). The number of carbonyl (C=O) groups is 1. The van der Waals surface area contributed by atoms with Crippen LogP contribution in [0.1, 0.15) is 29.8 Å². The Morgan fingerprint density at radius 1 is 0.963 bits per heavy atom. The summed E-state index contributed by atoms with van der Waals surface area (Å²) >= 11 is 0. The number of benzene rings is 2. The van der Waals surface area contributed by atoms with Crippen molar-refractivity contribution in [2.45, 2.75) is 26.9 Å². The van der Waals surface area contributed by atoms with Crippen LogP contribution in [-0.2, 0) is 0 Å². The predicted octanol–water partition coefficient (Wildman–Crippen LogP) is 4.57. The third kappa shape index (κ3) is 5.04. The number of nitrogens with one attached hydrogen (secondary N) is 2. The third-order valence-corrected chi connectivity index (χ3v) is 3.70. The first-order chi connectivity index (χ1) is 13.0. The van der Waals surface area contributed by atoms with Gasteiger partial charge in [-0.3, -0.25) is 4.79 Å². The van der Waals surface area contributed by atoms with Gasteiger partial charge >= 0.3 is 0 Å². The molecule has 6 heteroatoms. The van der Waals surface area contributed by atoms with E-state index in [1.807, 2.05) is 63.2 Å². The number of ether oxygens (including phenoxy) is 1. The molecule has 3 aromatic rings. The first-order valence-electron chi connectivity index (χ1n) is 8.76. The number of hydrogen-bond acceptors (Lipinski definition) is 5.